The van der Waals surface area contributed by atoms with E-state index >= 15 is 0 Å². The summed E-state index contributed by atoms with van der Waals surface area (Å²) in [5.41, 5.74) is 3.49. The van der Waals surface area contributed by atoms with Crippen LogP contribution < -0.4 is 0 Å². The van der Waals surface area contributed by atoms with Crippen LogP contribution in [0.1, 0.15) is 32.0 Å². The van der Waals surface area contributed by atoms with Crippen LogP contribution in [0.25, 0.3) is 11.0 Å². The van der Waals surface area contributed by atoms with Crippen LogP contribution in [0.3, 0.4) is 0 Å². The third-order valence-electron chi connectivity index (χ3n) is 3.81. The van der Waals surface area contributed by atoms with E-state index in [9.17, 15) is 4.39 Å². The van der Waals surface area contributed by atoms with Crippen molar-refractivity contribution in [3.05, 3.63) is 29.6 Å². The summed E-state index contributed by atoms with van der Waals surface area (Å²) in [4.78, 5) is 10.1. The SMILES string of the molecule is CC1Cc2c([nH]c3cccnc23)CN1CC(C)(C)F. The third kappa shape index (κ3) is 2.37. The Labute approximate surface area is 112 Å². The molecule has 1 aliphatic rings. The summed E-state index contributed by atoms with van der Waals surface area (Å²) in [6, 6.07) is 4.34. The molecule has 1 aliphatic heterocycles. The van der Waals surface area contributed by atoms with E-state index in [-0.39, 0.29) is 0 Å². The fraction of sp³-hybridized carbons (Fsp3) is 0.533. The molecule has 0 fully saturated rings. The smallest absolute Gasteiger partial charge is 0.118 e. The van der Waals surface area contributed by atoms with Crippen LogP contribution in [0.5, 0.6) is 0 Å². The fourth-order valence-corrected chi connectivity index (χ4v) is 2.96. The number of pyridine rings is 1. The number of rotatable bonds is 2. The molecule has 19 heavy (non-hydrogen) atoms. The second-order valence-corrected chi connectivity index (χ2v) is 6.16. The molecule has 1 atom stereocenters. The van der Waals surface area contributed by atoms with Gasteiger partial charge in [-0.1, -0.05) is 0 Å². The number of hydrogen-bond acceptors (Lipinski definition) is 2. The third-order valence-corrected chi connectivity index (χ3v) is 3.81. The van der Waals surface area contributed by atoms with Gasteiger partial charge >= 0.3 is 0 Å². The van der Waals surface area contributed by atoms with E-state index in [1.165, 1.54) is 11.3 Å². The summed E-state index contributed by atoms with van der Waals surface area (Å²) in [6.07, 6.45) is 2.76. The maximum Gasteiger partial charge on any atom is 0.118 e. The Morgan fingerprint density at radius 1 is 1.53 bits per heavy atom. The van der Waals surface area contributed by atoms with Gasteiger partial charge in [0.05, 0.1) is 11.0 Å². The first-order valence-corrected chi connectivity index (χ1v) is 6.81. The molecule has 1 unspecified atom stereocenters. The second kappa shape index (κ2) is 4.30. The summed E-state index contributed by atoms with van der Waals surface area (Å²) >= 11 is 0. The number of fused-ring (bicyclic) bond motifs is 3. The molecule has 0 saturated heterocycles. The summed E-state index contributed by atoms with van der Waals surface area (Å²) in [6.45, 7) is 6.69. The van der Waals surface area contributed by atoms with Gasteiger partial charge in [-0.3, -0.25) is 9.88 Å². The molecule has 4 heteroatoms. The lowest BCUT2D eigenvalue weighted by atomic mass is 9.98. The Hall–Kier alpha value is -1.42. The molecule has 102 valence electrons. The number of hydrogen-bond donors (Lipinski definition) is 1. The number of alkyl halides is 1. The van der Waals surface area contributed by atoms with Crippen LogP contribution in [0.15, 0.2) is 18.3 Å². The molecule has 0 radical (unpaired) electrons. The highest BCUT2D eigenvalue weighted by molar-refractivity contribution is 5.80. The molecule has 2 aromatic heterocycles. The van der Waals surface area contributed by atoms with Crippen LogP contribution >= 0.6 is 0 Å². The van der Waals surface area contributed by atoms with Crippen molar-refractivity contribution in [2.24, 2.45) is 0 Å². The van der Waals surface area contributed by atoms with E-state index in [4.69, 9.17) is 0 Å². The minimum absolute atomic E-state index is 0.350. The molecule has 3 nitrogen and oxygen atoms in total. The fourth-order valence-electron chi connectivity index (χ4n) is 2.96. The first-order valence-electron chi connectivity index (χ1n) is 6.81. The summed E-state index contributed by atoms with van der Waals surface area (Å²) in [5.74, 6) is 0. The lowest BCUT2D eigenvalue weighted by Gasteiger charge is -2.36. The van der Waals surface area contributed by atoms with E-state index in [1.807, 2.05) is 12.3 Å². The number of aromatic nitrogens is 2. The van der Waals surface area contributed by atoms with Crippen molar-refractivity contribution in [3.63, 3.8) is 0 Å². The van der Waals surface area contributed by atoms with Gasteiger partial charge in [0.2, 0.25) is 0 Å². The molecule has 3 rings (SSSR count). The van der Waals surface area contributed by atoms with Gasteiger partial charge in [0, 0.05) is 36.6 Å². The zero-order valence-corrected chi connectivity index (χ0v) is 11.7. The van der Waals surface area contributed by atoms with E-state index in [1.54, 1.807) is 13.8 Å². The quantitative estimate of drug-likeness (QED) is 0.901. The van der Waals surface area contributed by atoms with Gasteiger partial charge in [0.15, 0.2) is 0 Å². The molecule has 0 spiro atoms. The molecular weight excluding hydrogens is 241 g/mol. The van der Waals surface area contributed by atoms with Crippen LogP contribution in [0, 0.1) is 0 Å². The Bertz CT molecular complexity index is 597. The average Bonchev–Trinajstić information content (AvgIpc) is 2.66. The van der Waals surface area contributed by atoms with Gasteiger partial charge < -0.3 is 4.98 Å². The Balaban J connectivity index is 1.95. The average molecular weight is 261 g/mol. The zero-order chi connectivity index (χ0) is 13.6. The number of aromatic amines is 1. The molecule has 0 amide bonds. The van der Waals surface area contributed by atoms with E-state index in [0.29, 0.717) is 12.6 Å². The van der Waals surface area contributed by atoms with Crippen molar-refractivity contribution in [2.75, 3.05) is 6.54 Å². The molecular formula is C15H20FN3. The van der Waals surface area contributed by atoms with Gasteiger partial charge in [0.1, 0.15) is 5.67 Å². The van der Waals surface area contributed by atoms with Gasteiger partial charge in [-0.15, -0.1) is 0 Å². The predicted octanol–water partition coefficient (Wildman–Crippen LogP) is 3.06. The molecule has 3 heterocycles. The first kappa shape index (κ1) is 12.6. The molecule has 0 aromatic carbocycles. The molecule has 0 bridgehead atoms. The van der Waals surface area contributed by atoms with E-state index < -0.39 is 5.67 Å². The molecule has 2 aromatic rings. The highest BCUT2D eigenvalue weighted by atomic mass is 19.1. The minimum atomic E-state index is -1.16. The van der Waals surface area contributed by atoms with Gasteiger partial charge in [0.25, 0.3) is 0 Å². The second-order valence-electron chi connectivity index (χ2n) is 6.16. The topological polar surface area (TPSA) is 31.9 Å². The first-order chi connectivity index (χ1) is 8.94. The molecule has 0 aliphatic carbocycles. The van der Waals surface area contributed by atoms with Gasteiger partial charge in [-0.05, 0) is 39.3 Å². The Kier molecular flexibility index (Phi) is 2.86. The van der Waals surface area contributed by atoms with Crippen LogP contribution in [0.4, 0.5) is 4.39 Å². The lowest BCUT2D eigenvalue weighted by molar-refractivity contribution is 0.0853. The normalized spacial score (nSPS) is 20.7. The predicted molar refractivity (Wildman–Crippen MR) is 74.9 cm³/mol. The molecule has 0 saturated carbocycles. The summed E-state index contributed by atoms with van der Waals surface area (Å²) in [5, 5.41) is 0. The number of nitrogens with one attached hydrogen (secondary N) is 1. The van der Waals surface area contributed by atoms with Crippen molar-refractivity contribution in [1.82, 2.24) is 14.9 Å². The van der Waals surface area contributed by atoms with Gasteiger partial charge in [-0.2, -0.15) is 0 Å². The number of nitrogens with zero attached hydrogens (tertiary/aromatic N) is 2. The maximum atomic E-state index is 13.9. The largest absolute Gasteiger partial charge is 0.356 e. The van der Waals surface area contributed by atoms with Crippen LogP contribution in [-0.2, 0) is 13.0 Å². The van der Waals surface area contributed by atoms with Crippen LogP contribution in [-0.4, -0.2) is 33.1 Å². The monoisotopic (exact) mass is 261 g/mol. The zero-order valence-electron chi connectivity index (χ0n) is 11.7. The number of H-pyrrole nitrogens is 1. The minimum Gasteiger partial charge on any atom is -0.356 e. The van der Waals surface area contributed by atoms with Crippen LogP contribution in [0.2, 0.25) is 0 Å². The standard InChI is InChI=1S/C15H20FN3/c1-10-7-11-13(8-19(10)9-15(2,3)16)18-12-5-4-6-17-14(11)12/h4-6,10,18H,7-9H2,1-3H3. The van der Waals surface area contributed by atoms with Crippen molar-refractivity contribution in [1.29, 1.82) is 0 Å². The van der Waals surface area contributed by atoms with Crippen molar-refractivity contribution < 1.29 is 4.39 Å². The lowest BCUT2D eigenvalue weighted by Crippen LogP contribution is -2.44. The van der Waals surface area contributed by atoms with E-state index in [2.05, 4.69) is 27.9 Å². The molecule has 1 N–H and O–H groups in total. The highest BCUT2D eigenvalue weighted by Crippen LogP contribution is 2.29. The van der Waals surface area contributed by atoms with Crippen molar-refractivity contribution in [3.8, 4) is 0 Å². The maximum absolute atomic E-state index is 13.9. The van der Waals surface area contributed by atoms with Gasteiger partial charge in [-0.25, -0.2) is 4.39 Å². The highest BCUT2D eigenvalue weighted by Gasteiger charge is 2.30. The Morgan fingerprint density at radius 3 is 3.05 bits per heavy atom. The van der Waals surface area contributed by atoms with E-state index in [0.717, 1.165) is 24.0 Å². The summed E-state index contributed by atoms with van der Waals surface area (Å²) < 4.78 is 13.9. The van der Waals surface area contributed by atoms with Crippen molar-refractivity contribution in [2.45, 2.75) is 45.4 Å². The summed E-state index contributed by atoms with van der Waals surface area (Å²) in [7, 11) is 0. The Morgan fingerprint density at radius 2 is 2.32 bits per heavy atom. The van der Waals surface area contributed by atoms with Crippen molar-refractivity contribution >= 4 is 11.0 Å². The number of halogens is 1.